The summed E-state index contributed by atoms with van der Waals surface area (Å²) in [5.41, 5.74) is 2.42. The summed E-state index contributed by atoms with van der Waals surface area (Å²) in [6.07, 6.45) is 2.29. The molecule has 0 aliphatic carbocycles. The molecule has 1 aliphatic heterocycles. The summed E-state index contributed by atoms with van der Waals surface area (Å²) in [6.45, 7) is 1.30. The first-order valence-electron chi connectivity index (χ1n) is 7.56. The van der Waals surface area contributed by atoms with Crippen molar-refractivity contribution in [2.75, 3.05) is 0 Å². The second-order valence-corrected chi connectivity index (χ2v) is 5.41. The molecule has 0 amide bonds. The quantitative estimate of drug-likeness (QED) is 0.751. The number of rotatable bonds is 6. The van der Waals surface area contributed by atoms with Crippen molar-refractivity contribution in [1.29, 1.82) is 0 Å². The van der Waals surface area contributed by atoms with Crippen molar-refractivity contribution in [3.05, 3.63) is 71.8 Å². The van der Waals surface area contributed by atoms with Gasteiger partial charge in [-0.25, -0.2) is 0 Å². The van der Waals surface area contributed by atoms with Gasteiger partial charge < -0.3 is 9.47 Å². The van der Waals surface area contributed by atoms with E-state index >= 15 is 0 Å². The normalized spacial score (nSPS) is 21.1. The van der Waals surface area contributed by atoms with Crippen molar-refractivity contribution in [2.45, 2.75) is 38.1 Å². The fraction of sp³-hybridized carbons (Fsp3) is 0.333. The maximum Gasteiger partial charge on any atom is 0.153 e. The van der Waals surface area contributed by atoms with E-state index in [-0.39, 0.29) is 12.1 Å². The minimum atomic E-state index is 0.105. The highest BCUT2D eigenvalue weighted by molar-refractivity contribution is 6.38. The third-order valence-corrected chi connectivity index (χ3v) is 3.81. The molecule has 2 aromatic rings. The molecule has 3 rings (SSSR count). The van der Waals surface area contributed by atoms with Crippen LogP contribution in [0.1, 0.15) is 17.5 Å². The molecule has 3 heteroatoms. The molecule has 0 aromatic heterocycles. The van der Waals surface area contributed by atoms with Gasteiger partial charge >= 0.3 is 0 Å². The van der Waals surface area contributed by atoms with Gasteiger partial charge in [0.2, 0.25) is 0 Å². The Balaban J connectivity index is 1.49. The van der Waals surface area contributed by atoms with Gasteiger partial charge in [-0.05, 0) is 17.5 Å². The number of benzene rings is 2. The summed E-state index contributed by atoms with van der Waals surface area (Å²) < 4.78 is 12.0. The summed E-state index contributed by atoms with van der Waals surface area (Å²) in [6, 6.07) is 20.7. The number of ether oxygens (including phenoxy) is 2. The van der Waals surface area contributed by atoms with Crippen molar-refractivity contribution in [3.63, 3.8) is 0 Å². The topological polar surface area (TPSA) is 18.5 Å². The second-order valence-electron chi connectivity index (χ2n) is 5.41. The summed E-state index contributed by atoms with van der Waals surface area (Å²) >= 11 is 0. The smallest absolute Gasteiger partial charge is 0.153 e. The van der Waals surface area contributed by atoms with E-state index in [0.29, 0.717) is 13.2 Å². The summed E-state index contributed by atoms with van der Waals surface area (Å²) in [5.74, 6) is 0. The van der Waals surface area contributed by atoms with E-state index in [0.717, 1.165) is 12.7 Å². The van der Waals surface area contributed by atoms with Crippen LogP contribution < -0.4 is 0 Å². The SMILES string of the molecule is [B]1CCC(OCc2ccccc2)C1OCc1ccccc1. The van der Waals surface area contributed by atoms with Gasteiger partial charge in [-0.2, -0.15) is 0 Å². The van der Waals surface area contributed by atoms with E-state index in [1.807, 2.05) is 36.4 Å². The molecule has 1 fully saturated rings. The maximum absolute atomic E-state index is 6.03. The van der Waals surface area contributed by atoms with E-state index in [9.17, 15) is 0 Å². The van der Waals surface area contributed by atoms with Gasteiger partial charge in [0.15, 0.2) is 7.28 Å². The molecule has 1 saturated heterocycles. The maximum atomic E-state index is 6.03. The monoisotopic (exact) mass is 279 g/mol. The molecule has 2 unspecified atom stereocenters. The zero-order chi connectivity index (χ0) is 14.3. The van der Waals surface area contributed by atoms with Crippen LogP contribution in [-0.4, -0.2) is 19.4 Å². The molecule has 0 N–H and O–H groups in total. The highest BCUT2D eigenvalue weighted by atomic mass is 16.5. The van der Waals surface area contributed by atoms with E-state index in [1.165, 1.54) is 11.1 Å². The second kappa shape index (κ2) is 7.44. The van der Waals surface area contributed by atoms with Crippen molar-refractivity contribution in [2.24, 2.45) is 0 Å². The standard InChI is InChI=1S/C18H20BO2/c1-3-7-15(8-4-1)13-20-17-11-12-19-18(17)21-14-16-9-5-2-6-10-16/h1-10,17-18H,11-14H2. The van der Waals surface area contributed by atoms with E-state index in [4.69, 9.17) is 9.47 Å². The van der Waals surface area contributed by atoms with Crippen LogP contribution in [-0.2, 0) is 22.7 Å². The van der Waals surface area contributed by atoms with Crippen molar-refractivity contribution in [1.82, 2.24) is 0 Å². The molecule has 1 heterocycles. The molecule has 0 bridgehead atoms. The average molecular weight is 279 g/mol. The minimum Gasteiger partial charge on any atom is -0.380 e. The molecule has 21 heavy (non-hydrogen) atoms. The average Bonchev–Trinajstić information content (AvgIpc) is 3.00. The third-order valence-electron chi connectivity index (χ3n) is 3.81. The lowest BCUT2D eigenvalue weighted by molar-refractivity contribution is -0.0446. The first-order valence-corrected chi connectivity index (χ1v) is 7.56. The zero-order valence-corrected chi connectivity index (χ0v) is 12.2. The van der Waals surface area contributed by atoms with Gasteiger partial charge in [-0.15, -0.1) is 0 Å². The van der Waals surface area contributed by atoms with Gasteiger partial charge in [-0.1, -0.05) is 67.0 Å². The predicted octanol–water partition coefficient (Wildman–Crippen LogP) is 3.64. The lowest BCUT2D eigenvalue weighted by atomic mass is 9.74. The molecule has 1 aliphatic rings. The Hall–Kier alpha value is -1.58. The Labute approximate surface area is 127 Å². The molecular weight excluding hydrogens is 259 g/mol. The van der Waals surface area contributed by atoms with Crippen LogP contribution in [0.5, 0.6) is 0 Å². The Morgan fingerprint density at radius 3 is 2.00 bits per heavy atom. The predicted molar refractivity (Wildman–Crippen MR) is 85.2 cm³/mol. The van der Waals surface area contributed by atoms with Gasteiger partial charge in [0.05, 0.1) is 25.3 Å². The first-order chi connectivity index (χ1) is 10.4. The van der Waals surface area contributed by atoms with E-state index < -0.39 is 0 Å². The van der Waals surface area contributed by atoms with Crippen molar-refractivity contribution in [3.8, 4) is 0 Å². The molecule has 107 valence electrons. The fourth-order valence-electron chi connectivity index (χ4n) is 2.64. The fourth-order valence-corrected chi connectivity index (χ4v) is 2.64. The number of hydrogen-bond donors (Lipinski definition) is 0. The lowest BCUT2D eigenvalue weighted by Gasteiger charge is -2.21. The van der Waals surface area contributed by atoms with Crippen LogP contribution in [0.15, 0.2) is 60.7 Å². The largest absolute Gasteiger partial charge is 0.380 e. The highest BCUT2D eigenvalue weighted by Crippen LogP contribution is 2.22. The van der Waals surface area contributed by atoms with Gasteiger partial charge in [0, 0.05) is 0 Å². The Bertz CT molecular complexity index is 480. The third kappa shape index (κ3) is 4.19. The van der Waals surface area contributed by atoms with Gasteiger partial charge in [0.25, 0.3) is 0 Å². The molecule has 1 radical (unpaired) electrons. The Kier molecular flexibility index (Phi) is 5.09. The van der Waals surface area contributed by atoms with Crippen LogP contribution in [0, 0.1) is 0 Å². The van der Waals surface area contributed by atoms with Crippen LogP contribution in [0.2, 0.25) is 6.32 Å². The molecule has 0 spiro atoms. The lowest BCUT2D eigenvalue weighted by Crippen LogP contribution is -2.29. The summed E-state index contributed by atoms with van der Waals surface area (Å²) in [5, 5.41) is 0. The van der Waals surface area contributed by atoms with Crippen molar-refractivity contribution < 1.29 is 9.47 Å². The zero-order valence-electron chi connectivity index (χ0n) is 12.2. The van der Waals surface area contributed by atoms with Gasteiger partial charge in [0.1, 0.15) is 0 Å². The summed E-state index contributed by atoms with van der Waals surface area (Å²) in [7, 11) is 2.23. The highest BCUT2D eigenvalue weighted by Gasteiger charge is 2.29. The van der Waals surface area contributed by atoms with Crippen molar-refractivity contribution >= 4 is 7.28 Å². The molecule has 0 saturated carbocycles. The minimum absolute atomic E-state index is 0.105. The molecule has 2 atom stereocenters. The van der Waals surface area contributed by atoms with Gasteiger partial charge in [-0.3, -0.25) is 0 Å². The Morgan fingerprint density at radius 2 is 1.38 bits per heavy atom. The molecule has 2 aromatic carbocycles. The van der Waals surface area contributed by atoms with E-state index in [1.54, 1.807) is 0 Å². The number of hydrogen-bond acceptors (Lipinski definition) is 2. The van der Waals surface area contributed by atoms with Crippen LogP contribution in [0.3, 0.4) is 0 Å². The first kappa shape index (κ1) is 14.4. The molecule has 2 nitrogen and oxygen atoms in total. The van der Waals surface area contributed by atoms with Crippen LogP contribution in [0.25, 0.3) is 0 Å². The molecular formula is C18H20BO2. The Morgan fingerprint density at radius 1 is 0.810 bits per heavy atom. The van der Waals surface area contributed by atoms with Crippen LogP contribution in [0.4, 0.5) is 0 Å². The summed E-state index contributed by atoms with van der Waals surface area (Å²) in [4.78, 5) is 0. The van der Waals surface area contributed by atoms with E-state index in [2.05, 4.69) is 31.5 Å². The van der Waals surface area contributed by atoms with Crippen LogP contribution >= 0.6 is 0 Å².